The predicted molar refractivity (Wildman–Crippen MR) is 168 cm³/mol. The third-order valence-electron chi connectivity index (χ3n) is 7.05. The maximum atomic E-state index is 14.0. The van der Waals surface area contributed by atoms with Gasteiger partial charge < -0.3 is 10.2 Å². The Morgan fingerprint density at radius 3 is 1.45 bits per heavy atom. The molecule has 0 aliphatic rings. The topological polar surface area (TPSA) is 50.4 Å². The Morgan fingerprint density at radius 1 is 0.625 bits per heavy atom. The predicted octanol–water partition coefficient (Wildman–Crippen LogP) is 6.27. The lowest BCUT2D eigenvalue weighted by molar-refractivity contribution is -0.145. The van der Waals surface area contributed by atoms with Crippen LogP contribution in [0.3, 0.4) is 0 Å². The molecule has 0 heterocycles. The van der Waals surface area contributed by atoms with Gasteiger partial charge in [0.1, 0.15) is 28.8 Å². The summed E-state index contributed by atoms with van der Waals surface area (Å²) in [5.41, 5.74) is 8.40. The molecule has 0 bridgehead atoms. The van der Waals surface area contributed by atoms with Crippen LogP contribution in [0.5, 0.6) is 0 Å². The van der Waals surface area contributed by atoms with Gasteiger partial charge in [-0.1, -0.05) is 103 Å². The van der Waals surface area contributed by atoms with Crippen molar-refractivity contribution in [1.82, 2.24) is 5.43 Å². The van der Waals surface area contributed by atoms with Gasteiger partial charge in [-0.3, -0.25) is 4.79 Å². The minimum absolute atomic E-state index is 0.289. The zero-order chi connectivity index (χ0) is 27.6. The molecule has 0 amide bonds. The van der Waals surface area contributed by atoms with Gasteiger partial charge in [0.2, 0.25) is 0 Å². The van der Waals surface area contributed by atoms with Crippen LogP contribution >= 0.6 is 7.26 Å². The van der Waals surface area contributed by atoms with E-state index in [1.807, 2.05) is 73.7 Å². The summed E-state index contributed by atoms with van der Waals surface area (Å²) in [5, 5.41) is 3.58. The van der Waals surface area contributed by atoms with E-state index < -0.39 is 13.3 Å². The largest absolute Gasteiger partial charge is 0.465 e. The fourth-order valence-corrected chi connectivity index (χ4v) is 10.4. The smallest absolute Gasteiger partial charge is 0.329 e. The monoisotopic (exact) mass is 545 g/mol. The fourth-order valence-electron chi connectivity index (χ4n) is 5.39. The van der Waals surface area contributed by atoms with Gasteiger partial charge in [0.05, 0.1) is 6.61 Å². The lowest BCUT2D eigenvalue weighted by Gasteiger charge is -2.38. The van der Waals surface area contributed by atoms with Gasteiger partial charge in [0.25, 0.3) is 0 Å². The maximum absolute atomic E-state index is 14.0. The van der Waals surface area contributed by atoms with Crippen LogP contribution in [0.25, 0.3) is 0 Å². The molecule has 200 valence electrons. The molecule has 0 aliphatic heterocycles. The van der Waals surface area contributed by atoms with Crippen LogP contribution < -0.4 is 26.8 Å². The molecule has 0 radical (unpaired) electrons. The Kier molecular flexibility index (Phi) is 9.03. The Balaban J connectivity index is 1.82. The van der Waals surface area contributed by atoms with Gasteiger partial charge in [-0.2, -0.15) is 0 Å². The van der Waals surface area contributed by atoms with Crippen LogP contribution in [-0.4, -0.2) is 18.6 Å². The number of hydrazine groups is 1. The average Bonchev–Trinajstić information content (AvgIpc) is 3.03. The lowest BCUT2D eigenvalue weighted by atomic mass is 10.1. The molecule has 0 spiro atoms. The minimum Gasteiger partial charge on any atom is -0.465 e. The average molecular weight is 546 g/mol. The van der Waals surface area contributed by atoms with E-state index in [4.69, 9.17) is 4.74 Å². The summed E-state index contributed by atoms with van der Waals surface area (Å²) in [6.45, 7) is 2.14. The summed E-state index contributed by atoms with van der Waals surface area (Å²) in [6, 6.07) is 51.4. The summed E-state index contributed by atoms with van der Waals surface area (Å²) >= 11 is 0. The van der Waals surface area contributed by atoms with Crippen LogP contribution in [-0.2, 0) is 9.53 Å². The normalized spacial score (nSPS) is 12.7. The zero-order valence-electron chi connectivity index (χ0n) is 22.6. The molecule has 40 heavy (non-hydrogen) atoms. The molecular weight excluding hydrogens is 511 g/mol. The Morgan fingerprint density at radius 2 is 1.02 bits per heavy atom. The van der Waals surface area contributed by atoms with Crippen LogP contribution in [0.2, 0.25) is 0 Å². The molecule has 2 N–H and O–H groups in total. The number of rotatable bonds is 11. The highest BCUT2D eigenvalue weighted by Gasteiger charge is 2.58. The minimum atomic E-state index is -2.54. The first-order valence-electron chi connectivity index (χ1n) is 13.6. The van der Waals surface area contributed by atoms with Crippen molar-refractivity contribution in [2.24, 2.45) is 0 Å². The molecule has 5 aromatic rings. The number of para-hydroxylation sites is 1. The Bertz CT molecular complexity index is 1370. The second-order valence-corrected chi connectivity index (χ2v) is 13.0. The SMILES string of the molecule is CCOC(=O)[C@H](NNc1ccccc1)[C@H](c1ccccc1)[P+](c1ccccc1)(c1ccccc1)c1ccccc1. The molecule has 0 aromatic heterocycles. The number of anilines is 1. The van der Waals surface area contributed by atoms with Crippen LogP contribution in [0.1, 0.15) is 18.1 Å². The molecule has 5 rings (SSSR count). The molecule has 5 heteroatoms. The molecule has 0 saturated carbocycles. The van der Waals surface area contributed by atoms with E-state index in [1.165, 1.54) is 15.9 Å². The number of nitrogens with one attached hydrogen (secondary N) is 2. The molecule has 4 nitrogen and oxygen atoms in total. The van der Waals surface area contributed by atoms with E-state index >= 15 is 0 Å². The van der Waals surface area contributed by atoms with Gasteiger partial charge in [-0.05, 0) is 61.0 Å². The van der Waals surface area contributed by atoms with Crippen molar-refractivity contribution in [2.75, 3.05) is 12.0 Å². The van der Waals surface area contributed by atoms with E-state index in [-0.39, 0.29) is 18.2 Å². The number of hydrogen-bond acceptors (Lipinski definition) is 4. The van der Waals surface area contributed by atoms with Gasteiger partial charge in [0, 0.05) is 5.69 Å². The summed E-state index contributed by atoms with van der Waals surface area (Å²) in [5.74, 6) is -0.299. The van der Waals surface area contributed by atoms with Crippen molar-refractivity contribution >= 4 is 34.8 Å². The Labute approximate surface area is 237 Å². The van der Waals surface area contributed by atoms with Gasteiger partial charge in [0.15, 0.2) is 6.04 Å². The molecule has 0 unspecified atom stereocenters. The molecular formula is C35H34N2O2P+. The van der Waals surface area contributed by atoms with Crippen LogP contribution in [0.4, 0.5) is 5.69 Å². The molecule has 0 saturated heterocycles. The van der Waals surface area contributed by atoms with Crippen LogP contribution in [0, 0.1) is 0 Å². The van der Waals surface area contributed by atoms with Crippen molar-refractivity contribution in [2.45, 2.75) is 18.6 Å². The molecule has 2 atom stereocenters. The highest BCUT2D eigenvalue weighted by molar-refractivity contribution is 7.96. The summed E-state index contributed by atoms with van der Waals surface area (Å²) in [6.07, 6.45) is 0. The van der Waals surface area contributed by atoms with Gasteiger partial charge >= 0.3 is 5.97 Å². The number of benzene rings is 5. The third kappa shape index (κ3) is 5.70. The Hall–Kier alpha value is -4.24. The van der Waals surface area contributed by atoms with E-state index in [1.54, 1.807) is 0 Å². The second-order valence-electron chi connectivity index (χ2n) is 9.45. The number of ether oxygens (including phenoxy) is 1. The van der Waals surface area contributed by atoms with E-state index in [9.17, 15) is 4.79 Å². The van der Waals surface area contributed by atoms with Crippen molar-refractivity contribution < 1.29 is 9.53 Å². The van der Waals surface area contributed by atoms with Gasteiger partial charge in [-0.25, -0.2) is 5.43 Å². The van der Waals surface area contributed by atoms with E-state index in [0.717, 1.165) is 11.3 Å². The quantitative estimate of drug-likeness (QED) is 0.117. The zero-order valence-corrected chi connectivity index (χ0v) is 23.5. The second kappa shape index (κ2) is 13.2. The first-order chi connectivity index (χ1) is 19.7. The van der Waals surface area contributed by atoms with Gasteiger partial charge in [-0.15, -0.1) is 0 Å². The van der Waals surface area contributed by atoms with E-state index in [2.05, 4.69) is 95.8 Å². The maximum Gasteiger partial charge on any atom is 0.329 e. The third-order valence-corrected chi connectivity index (χ3v) is 11.8. The first-order valence-corrected chi connectivity index (χ1v) is 15.4. The summed E-state index contributed by atoms with van der Waals surface area (Å²) in [7, 11) is -2.54. The number of carbonyl (C=O) groups excluding carboxylic acids is 1. The number of carbonyl (C=O) groups is 1. The molecule has 0 fully saturated rings. The first kappa shape index (κ1) is 27.3. The standard InChI is InChI=1S/C35H34N2O2P/c1-2-39-35(38)33(37-36-29-20-10-4-11-21-29)34(28-18-8-3-9-19-28)40(30-22-12-5-13-23-30,31-24-14-6-15-25-31)32-26-16-7-17-27-32/h3-27,33-34,36-37H,2H2,1H3/q+1/t33-,34+/m1/s1. The van der Waals surface area contributed by atoms with Crippen LogP contribution in [0.15, 0.2) is 152 Å². The number of esters is 1. The summed E-state index contributed by atoms with van der Waals surface area (Å²) < 4.78 is 5.77. The lowest BCUT2D eigenvalue weighted by Crippen LogP contribution is -2.50. The summed E-state index contributed by atoms with van der Waals surface area (Å²) in [4.78, 5) is 14.0. The fraction of sp³-hybridized carbons (Fsp3) is 0.114. The highest BCUT2D eigenvalue weighted by Crippen LogP contribution is 2.67. The van der Waals surface area contributed by atoms with Crippen molar-refractivity contribution in [3.63, 3.8) is 0 Å². The molecule has 5 aromatic carbocycles. The van der Waals surface area contributed by atoms with E-state index in [0.29, 0.717) is 0 Å². The highest BCUT2D eigenvalue weighted by atomic mass is 31.2. The number of hydrogen-bond donors (Lipinski definition) is 2. The van der Waals surface area contributed by atoms with Crippen molar-refractivity contribution in [3.8, 4) is 0 Å². The van der Waals surface area contributed by atoms with Crippen molar-refractivity contribution in [3.05, 3.63) is 157 Å². The van der Waals surface area contributed by atoms with Crippen molar-refractivity contribution in [1.29, 1.82) is 0 Å². The molecule has 0 aliphatic carbocycles.